The molecule has 0 aliphatic heterocycles. The zero-order valence-corrected chi connectivity index (χ0v) is 12.2. The Hall–Kier alpha value is -1.32. The number of rotatable bonds is 6. The molecule has 1 aromatic carbocycles. The van der Waals surface area contributed by atoms with Gasteiger partial charge < -0.3 is 9.64 Å². The summed E-state index contributed by atoms with van der Waals surface area (Å²) < 4.78 is 5.08. The monoisotopic (exact) mass is 278 g/mol. The van der Waals surface area contributed by atoms with Gasteiger partial charge in [0.25, 0.3) is 0 Å². The van der Waals surface area contributed by atoms with Crippen molar-refractivity contribution in [1.29, 1.82) is 0 Å². The number of ether oxygens (including phenoxy) is 1. The molecule has 0 amide bonds. The van der Waals surface area contributed by atoms with Gasteiger partial charge in [0.15, 0.2) is 0 Å². The smallest absolute Gasteiger partial charge is 0.129 e. The molecule has 0 saturated carbocycles. The summed E-state index contributed by atoms with van der Waals surface area (Å²) in [6.07, 6.45) is 0.984. The van der Waals surface area contributed by atoms with Crippen molar-refractivity contribution in [3.8, 4) is 0 Å². The van der Waals surface area contributed by atoms with Gasteiger partial charge in [-0.15, -0.1) is 11.6 Å². The highest BCUT2D eigenvalue weighted by molar-refractivity contribution is 6.18. The molecule has 0 saturated heterocycles. The van der Waals surface area contributed by atoms with Gasteiger partial charge in [-0.3, -0.25) is 0 Å². The van der Waals surface area contributed by atoms with Gasteiger partial charge in [0.2, 0.25) is 0 Å². The lowest BCUT2D eigenvalue weighted by molar-refractivity contribution is 0.196. The van der Waals surface area contributed by atoms with Crippen LogP contribution in [0.4, 0.5) is 5.82 Å². The van der Waals surface area contributed by atoms with Gasteiger partial charge in [-0.25, -0.2) is 4.98 Å². The summed E-state index contributed by atoms with van der Waals surface area (Å²) in [5.74, 6) is 1.47. The molecule has 0 N–H and O–H groups in total. The van der Waals surface area contributed by atoms with Crippen molar-refractivity contribution in [2.75, 3.05) is 32.2 Å². The molecular formula is C15H19ClN2O. The second-order valence-electron chi connectivity index (χ2n) is 4.56. The topological polar surface area (TPSA) is 25.4 Å². The lowest BCUT2D eigenvalue weighted by Gasteiger charge is -2.19. The van der Waals surface area contributed by atoms with E-state index in [1.54, 1.807) is 7.11 Å². The normalized spacial score (nSPS) is 10.9. The minimum Gasteiger partial charge on any atom is -0.385 e. The number of halogens is 1. The summed E-state index contributed by atoms with van der Waals surface area (Å²) >= 11 is 6.04. The largest absolute Gasteiger partial charge is 0.385 e. The number of methoxy groups -OCH3 is 1. The van der Waals surface area contributed by atoms with Crippen LogP contribution in [0.15, 0.2) is 30.3 Å². The van der Waals surface area contributed by atoms with Gasteiger partial charge in [0.1, 0.15) is 5.82 Å². The van der Waals surface area contributed by atoms with Crippen LogP contribution in [0.2, 0.25) is 0 Å². The predicted octanol–water partition coefficient (Wildman–Crippen LogP) is 3.45. The number of alkyl halides is 1. The first-order valence-corrected chi connectivity index (χ1v) is 6.94. The fourth-order valence-corrected chi connectivity index (χ4v) is 2.32. The molecule has 2 aromatic rings. The van der Waals surface area contributed by atoms with Crippen molar-refractivity contribution in [2.45, 2.75) is 12.3 Å². The minimum absolute atomic E-state index is 0.502. The molecule has 102 valence electrons. The Morgan fingerprint density at radius 1 is 1.32 bits per heavy atom. The number of pyridine rings is 1. The summed E-state index contributed by atoms with van der Waals surface area (Å²) in [6, 6.07) is 10.2. The second-order valence-corrected chi connectivity index (χ2v) is 4.83. The van der Waals surface area contributed by atoms with Gasteiger partial charge in [-0.1, -0.05) is 18.2 Å². The van der Waals surface area contributed by atoms with Crippen molar-refractivity contribution >= 4 is 28.3 Å². The van der Waals surface area contributed by atoms with E-state index in [9.17, 15) is 0 Å². The Balaban J connectivity index is 2.28. The number of para-hydroxylation sites is 1. The van der Waals surface area contributed by atoms with E-state index in [2.05, 4.69) is 22.0 Å². The molecule has 3 nitrogen and oxygen atoms in total. The SMILES string of the molecule is COCCCN(C)c1cc(CCl)c2ccccc2n1. The number of hydrogen-bond donors (Lipinski definition) is 0. The Kier molecular flexibility index (Phi) is 5.00. The van der Waals surface area contributed by atoms with E-state index in [1.807, 2.05) is 25.2 Å². The minimum atomic E-state index is 0.502. The van der Waals surface area contributed by atoms with Crippen LogP contribution >= 0.6 is 11.6 Å². The average Bonchev–Trinajstić information content (AvgIpc) is 2.46. The van der Waals surface area contributed by atoms with Crippen molar-refractivity contribution in [1.82, 2.24) is 4.98 Å². The van der Waals surface area contributed by atoms with Gasteiger partial charge in [-0.2, -0.15) is 0 Å². The van der Waals surface area contributed by atoms with Crippen molar-refractivity contribution in [3.63, 3.8) is 0 Å². The van der Waals surface area contributed by atoms with Crippen LogP contribution in [0.3, 0.4) is 0 Å². The van der Waals surface area contributed by atoms with E-state index in [-0.39, 0.29) is 0 Å². The number of fused-ring (bicyclic) bond motifs is 1. The quantitative estimate of drug-likeness (QED) is 0.598. The van der Waals surface area contributed by atoms with Crippen LogP contribution in [0.25, 0.3) is 10.9 Å². The number of nitrogens with zero attached hydrogens (tertiary/aromatic N) is 2. The first-order valence-electron chi connectivity index (χ1n) is 6.41. The molecular weight excluding hydrogens is 260 g/mol. The number of aromatic nitrogens is 1. The van der Waals surface area contributed by atoms with Crippen LogP contribution in [0.5, 0.6) is 0 Å². The molecule has 4 heteroatoms. The molecule has 0 aliphatic rings. The first kappa shape index (κ1) is 14.1. The van der Waals surface area contributed by atoms with Crippen LogP contribution in [-0.4, -0.2) is 32.3 Å². The lowest BCUT2D eigenvalue weighted by Crippen LogP contribution is -2.21. The molecule has 0 fully saturated rings. The molecule has 0 spiro atoms. The average molecular weight is 279 g/mol. The van der Waals surface area contributed by atoms with E-state index in [1.165, 1.54) is 0 Å². The van der Waals surface area contributed by atoms with Crippen LogP contribution in [0, 0.1) is 0 Å². The Morgan fingerprint density at radius 3 is 2.84 bits per heavy atom. The van der Waals surface area contributed by atoms with Gasteiger partial charge in [0, 0.05) is 38.6 Å². The third-order valence-electron chi connectivity index (χ3n) is 3.17. The Bertz CT molecular complexity index is 545. The molecule has 0 atom stereocenters. The van der Waals surface area contributed by atoms with E-state index in [0.717, 1.165) is 41.9 Å². The Morgan fingerprint density at radius 2 is 2.11 bits per heavy atom. The Labute approximate surface area is 119 Å². The fourth-order valence-electron chi connectivity index (χ4n) is 2.10. The third kappa shape index (κ3) is 3.37. The maximum Gasteiger partial charge on any atom is 0.129 e. The summed E-state index contributed by atoms with van der Waals surface area (Å²) in [5, 5.41) is 1.13. The summed E-state index contributed by atoms with van der Waals surface area (Å²) in [6.45, 7) is 1.68. The van der Waals surface area contributed by atoms with Crippen molar-refractivity contribution in [2.24, 2.45) is 0 Å². The fraction of sp³-hybridized carbons (Fsp3) is 0.400. The zero-order valence-electron chi connectivity index (χ0n) is 11.4. The molecule has 2 rings (SSSR count). The third-order valence-corrected chi connectivity index (χ3v) is 3.45. The molecule has 1 aromatic heterocycles. The van der Waals surface area contributed by atoms with Crippen molar-refractivity contribution < 1.29 is 4.74 Å². The summed E-state index contributed by atoms with van der Waals surface area (Å²) in [5.41, 5.74) is 2.12. The highest BCUT2D eigenvalue weighted by atomic mass is 35.5. The van der Waals surface area contributed by atoms with E-state index < -0.39 is 0 Å². The van der Waals surface area contributed by atoms with E-state index in [0.29, 0.717) is 5.88 Å². The first-order chi connectivity index (χ1) is 9.26. The van der Waals surface area contributed by atoms with Crippen molar-refractivity contribution in [3.05, 3.63) is 35.9 Å². The zero-order chi connectivity index (χ0) is 13.7. The molecule has 1 heterocycles. The van der Waals surface area contributed by atoms with Gasteiger partial charge in [-0.05, 0) is 24.1 Å². The number of anilines is 1. The van der Waals surface area contributed by atoms with Crippen LogP contribution in [0.1, 0.15) is 12.0 Å². The summed E-state index contributed by atoms with van der Waals surface area (Å²) in [4.78, 5) is 6.83. The van der Waals surface area contributed by atoms with E-state index in [4.69, 9.17) is 16.3 Å². The highest BCUT2D eigenvalue weighted by Gasteiger charge is 2.08. The lowest BCUT2D eigenvalue weighted by atomic mass is 10.1. The molecule has 0 radical (unpaired) electrons. The van der Waals surface area contributed by atoms with Crippen LogP contribution < -0.4 is 4.90 Å². The molecule has 0 unspecified atom stereocenters. The second kappa shape index (κ2) is 6.73. The van der Waals surface area contributed by atoms with Crippen LogP contribution in [-0.2, 0) is 10.6 Å². The maximum atomic E-state index is 6.04. The predicted molar refractivity (Wildman–Crippen MR) is 81.1 cm³/mol. The van der Waals surface area contributed by atoms with E-state index >= 15 is 0 Å². The summed E-state index contributed by atoms with van der Waals surface area (Å²) in [7, 11) is 3.77. The number of benzene rings is 1. The maximum absolute atomic E-state index is 6.04. The standard InChI is InChI=1S/C15H19ClN2O/c1-18(8-5-9-19-2)15-10-12(11-16)13-6-3-4-7-14(13)17-15/h3-4,6-7,10H,5,8-9,11H2,1-2H3. The molecule has 0 bridgehead atoms. The molecule has 19 heavy (non-hydrogen) atoms. The highest BCUT2D eigenvalue weighted by Crippen LogP contribution is 2.23. The molecule has 0 aliphatic carbocycles. The van der Waals surface area contributed by atoms with Gasteiger partial charge >= 0.3 is 0 Å². The number of hydrogen-bond acceptors (Lipinski definition) is 3. The van der Waals surface area contributed by atoms with Gasteiger partial charge in [0.05, 0.1) is 5.52 Å².